The third-order valence-corrected chi connectivity index (χ3v) is 5.88. The molecule has 0 aromatic heterocycles. The largest absolute Gasteiger partial charge is 0.417 e. The predicted octanol–water partition coefficient (Wildman–Crippen LogP) is 4.64. The van der Waals surface area contributed by atoms with E-state index in [2.05, 4.69) is 0 Å². The molecule has 0 saturated heterocycles. The molecule has 0 bridgehead atoms. The molecule has 0 unspecified atom stereocenters. The fourth-order valence-corrected chi connectivity index (χ4v) is 4.47. The average molecular weight is 351 g/mol. The second-order valence-corrected chi connectivity index (χ2v) is 8.58. The summed E-state index contributed by atoms with van der Waals surface area (Å²) in [6.45, 7) is 10.2. The van der Waals surface area contributed by atoms with Crippen molar-refractivity contribution in [2.24, 2.45) is 0 Å². The first-order valence-corrected chi connectivity index (χ1v) is 8.91. The smallest absolute Gasteiger partial charge is 0.207 e. The molecule has 0 aliphatic carbocycles. The first kappa shape index (κ1) is 20.0. The van der Waals surface area contributed by atoms with E-state index in [4.69, 9.17) is 0 Å². The van der Waals surface area contributed by atoms with Crippen molar-refractivity contribution in [3.8, 4) is 0 Å². The molecule has 0 radical (unpaired) electrons. The molecule has 23 heavy (non-hydrogen) atoms. The van der Waals surface area contributed by atoms with Gasteiger partial charge in [-0.05, 0) is 44.4 Å². The number of alkyl halides is 3. The highest BCUT2D eigenvalue weighted by Gasteiger charge is 2.41. The molecule has 3 nitrogen and oxygen atoms in total. The normalized spacial score (nSPS) is 13.9. The van der Waals surface area contributed by atoms with E-state index in [9.17, 15) is 21.6 Å². The van der Waals surface area contributed by atoms with Crippen LogP contribution in [0.25, 0.3) is 0 Å². The van der Waals surface area contributed by atoms with Crippen LogP contribution in [0, 0.1) is 0 Å². The van der Waals surface area contributed by atoms with Crippen molar-refractivity contribution in [2.45, 2.75) is 64.1 Å². The zero-order valence-corrected chi connectivity index (χ0v) is 15.1. The van der Waals surface area contributed by atoms with Gasteiger partial charge in [0.25, 0.3) is 0 Å². The summed E-state index contributed by atoms with van der Waals surface area (Å²) in [5.74, 6) is -0.127. The topological polar surface area (TPSA) is 37.4 Å². The summed E-state index contributed by atoms with van der Waals surface area (Å²) >= 11 is 0. The second kappa shape index (κ2) is 6.43. The Kier molecular flexibility index (Phi) is 5.58. The number of halogens is 3. The molecule has 1 aromatic rings. The molecule has 1 rings (SSSR count). The van der Waals surface area contributed by atoms with Crippen molar-refractivity contribution in [1.29, 1.82) is 0 Å². The van der Waals surface area contributed by atoms with Crippen LogP contribution in [0.15, 0.2) is 23.1 Å². The Morgan fingerprint density at radius 1 is 1.13 bits per heavy atom. The van der Waals surface area contributed by atoms with E-state index in [1.165, 1.54) is 6.07 Å². The first-order chi connectivity index (χ1) is 10.2. The van der Waals surface area contributed by atoms with Crippen LogP contribution in [0.3, 0.4) is 0 Å². The highest BCUT2D eigenvalue weighted by Crippen LogP contribution is 2.38. The number of benzene rings is 1. The summed E-state index contributed by atoms with van der Waals surface area (Å²) in [4.78, 5) is -0.689. The van der Waals surface area contributed by atoms with Gasteiger partial charge in [-0.2, -0.15) is 17.5 Å². The fraction of sp³-hybridized carbons (Fsp3) is 0.625. The second-order valence-electron chi connectivity index (χ2n) is 6.75. The Morgan fingerprint density at radius 3 is 2.00 bits per heavy atom. The van der Waals surface area contributed by atoms with Crippen LogP contribution in [0.5, 0.6) is 0 Å². The van der Waals surface area contributed by atoms with Crippen LogP contribution in [-0.2, 0) is 16.2 Å². The molecular weight excluding hydrogens is 327 g/mol. The highest BCUT2D eigenvalue weighted by atomic mass is 32.2. The minimum absolute atomic E-state index is 0.0923. The third kappa shape index (κ3) is 4.26. The van der Waals surface area contributed by atoms with Gasteiger partial charge in [0.05, 0.1) is 10.5 Å². The van der Waals surface area contributed by atoms with Gasteiger partial charge >= 0.3 is 6.18 Å². The monoisotopic (exact) mass is 351 g/mol. The maximum atomic E-state index is 13.4. The summed E-state index contributed by atoms with van der Waals surface area (Å²) in [7, 11) is -4.25. The lowest BCUT2D eigenvalue weighted by atomic mass is 10.0. The van der Waals surface area contributed by atoms with E-state index in [-0.39, 0.29) is 12.5 Å². The quantitative estimate of drug-likeness (QED) is 0.792. The maximum absolute atomic E-state index is 13.4. The van der Waals surface area contributed by atoms with Gasteiger partial charge in [-0.1, -0.05) is 26.8 Å². The SMILES string of the molecule is CCN(C(C)(C)C)S(=O)(=O)c1ccc(C(C)C)cc1C(F)(F)F. The molecule has 132 valence electrons. The van der Waals surface area contributed by atoms with Crippen molar-refractivity contribution >= 4 is 10.0 Å². The lowest BCUT2D eigenvalue weighted by Gasteiger charge is -2.34. The molecule has 0 saturated carbocycles. The van der Waals surface area contributed by atoms with Gasteiger partial charge in [0.15, 0.2) is 0 Å². The van der Waals surface area contributed by atoms with Crippen molar-refractivity contribution in [3.05, 3.63) is 29.3 Å². The van der Waals surface area contributed by atoms with Crippen LogP contribution in [0.1, 0.15) is 58.6 Å². The van der Waals surface area contributed by atoms with Gasteiger partial charge in [-0.15, -0.1) is 0 Å². The fourth-order valence-electron chi connectivity index (χ4n) is 2.48. The van der Waals surface area contributed by atoms with E-state index in [0.717, 1.165) is 16.4 Å². The summed E-state index contributed by atoms with van der Waals surface area (Å²) in [6, 6.07) is 3.46. The molecule has 0 N–H and O–H groups in total. The number of rotatable bonds is 4. The average Bonchev–Trinajstić information content (AvgIpc) is 2.35. The zero-order chi connectivity index (χ0) is 18.2. The van der Waals surface area contributed by atoms with E-state index >= 15 is 0 Å². The number of hydrogen-bond acceptors (Lipinski definition) is 2. The Bertz CT molecular complexity index is 659. The summed E-state index contributed by atoms with van der Waals surface area (Å²) in [5.41, 5.74) is -1.46. The Hall–Kier alpha value is -1.08. The minimum atomic E-state index is -4.73. The predicted molar refractivity (Wildman–Crippen MR) is 84.9 cm³/mol. The van der Waals surface area contributed by atoms with Crippen molar-refractivity contribution in [2.75, 3.05) is 6.54 Å². The Morgan fingerprint density at radius 2 is 1.65 bits per heavy atom. The molecule has 0 spiro atoms. The van der Waals surface area contributed by atoms with E-state index in [0.29, 0.717) is 5.56 Å². The van der Waals surface area contributed by atoms with Crippen LogP contribution >= 0.6 is 0 Å². The molecular formula is C16H24F3NO2S. The van der Waals surface area contributed by atoms with Crippen molar-refractivity contribution in [1.82, 2.24) is 4.31 Å². The molecule has 1 aromatic carbocycles. The van der Waals surface area contributed by atoms with Crippen LogP contribution in [0.4, 0.5) is 13.2 Å². The third-order valence-electron chi connectivity index (χ3n) is 3.58. The molecule has 0 heterocycles. The molecule has 7 heteroatoms. The van der Waals surface area contributed by atoms with Gasteiger partial charge in [0.2, 0.25) is 10.0 Å². The van der Waals surface area contributed by atoms with Crippen LogP contribution < -0.4 is 0 Å². The molecule has 0 atom stereocenters. The molecule has 0 aliphatic heterocycles. The van der Waals surface area contributed by atoms with E-state index < -0.39 is 32.2 Å². The Balaban J connectivity index is 3.65. The first-order valence-electron chi connectivity index (χ1n) is 7.47. The number of sulfonamides is 1. The van der Waals surface area contributed by atoms with Crippen LogP contribution in [0.2, 0.25) is 0 Å². The highest BCUT2D eigenvalue weighted by molar-refractivity contribution is 7.89. The minimum Gasteiger partial charge on any atom is -0.207 e. The van der Waals surface area contributed by atoms with Crippen molar-refractivity contribution < 1.29 is 21.6 Å². The Labute approximate surface area is 136 Å². The van der Waals surface area contributed by atoms with Crippen molar-refractivity contribution in [3.63, 3.8) is 0 Å². The lowest BCUT2D eigenvalue weighted by molar-refractivity contribution is -0.140. The van der Waals surface area contributed by atoms with Gasteiger partial charge in [-0.3, -0.25) is 0 Å². The summed E-state index contributed by atoms with van der Waals surface area (Å²) < 4.78 is 66.9. The molecule has 0 amide bonds. The van der Waals surface area contributed by atoms with Crippen LogP contribution in [-0.4, -0.2) is 24.8 Å². The summed E-state index contributed by atoms with van der Waals surface area (Å²) in [6.07, 6.45) is -4.73. The molecule has 0 fully saturated rings. The number of nitrogens with zero attached hydrogens (tertiary/aromatic N) is 1. The number of hydrogen-bond donors (Lipinski definition) is 0. The van der Waals surface area contributed by atoms with E-state index in [1.807, 2.05) is 0 Å². The van der Waals surface area contributed by atoms with Gasteiger partial charge in [-0.25, -0.2) is 8.42 Å². The molecule has 0 aliphatic rings. The lowest BCUT2D eigenvalue weighted by Crippen LogP contribution is -2.45. The van der Waals surface area contributed by atoms with Gasteiger partial charge < -0.3 is 0 Å². The summed E-state index contributed by atoms with van der Waals surface area (Å²) in [5, 5.41) is 0. The van der Waals surface area contributed by atoms with Gasteiger partial charge in [0, 0.05) is 12.1 Å². The van der Waals surface area contributed by atoms with E-state index in [1.54, 1.807) is 41.5 Å². The zero-order valence-electron chi connectivity index (χ0n) is 14.3. The standard InChI is InChI=1S/C16H24F3NO2S/c1-7-20(15(4,5)6)23(21,22)14-9-8-12(11(2)3)10-13(14)16(17,18)19/h8-11H,7H2,1-6H3. The maximum Gasteiger partial charge on any atom is 0.417 e. The van der Waals surface area contributed by atoms with Gasteiger partial charge in [0.1, 0.15) is 0 Å².